The molecule has 18 heavy (non-hydrogen) atoms. The highest BCUT2D eigenvalue weighted by atomic mass is 32.2. The molecular formula is C13H18O4S. The molecule has 0 aliphatic heterocycles. The first kappa shape index (κ1) is 14.9. The van der Waals surface area contributed by atoms with Crippen molar-refractivity contribution in [3.63, 3.8) is 0 Å². The van der Waals surface area contributed by atoms with Crippen molar-refractivity contribution in [2.75, 3.05) is 0 Å². The third kappa shape index (κ3) is 3.65. The van der Waals surface area contributed by atoms with Gasteiger partial charge in [-0.05, 0) is 32.4 Å². The lowest BCUT2D eigenvalue weighted by Gasteiger charge is -2.12. The van der Waals surface area contributed by atoms with Crippen LogP contribution in [0.4, 0.5) is 0 Å². The molecule has 0 bridgehead atoms. The minimum absolute atomic E-state index is 0.0743. The predicted octanol–water partition coefficient (Wildman–Crippen LogP) is 1.58. The predicted molar refractivity (Wildman–Crippen MR) is 69.0 cm³/mol. The summed E-state index contributed by atoms with van der Waals surface area (Å²) < 4.78 is 24.3. The van der Waals surface area contributed by atoms with E-state index in [1.54, 1.807) is 25.1 Å². The van der Waals surface area contributed by atoms with Gasteiger partial charge < -0.3 is 5.11 Å². The van der Waals surface area contributed by atoms with Crippen LogP contribution in [-0.2, 0) is 14.6 Å². The van der Waals surface area contributed by atoms with Crippen molar-refractivity contribution in [2.45, 2.75) is 42.9 Å². The van der Waals surface area contributed by atoms with Crippen LogP contribution in [0.15, 0.2) is 35.2 Å². The molecule has 0 aliphatic rings. The number of benzene rings is 1. The maximum atomic E-state index is 12.1. The van der Waals surface area contributed by atoms with Gasteiger partial charge in [0.15, 0.2) is 15.6 Å². The standard InChI is InChI=1S/C13H18O4S/c1-10(14)8-9-13(15)11(2)18(16,17)12-6-4-3-5-7-12/h3-7,10-11,14H,8-9H2,1-2H3. The van der Waals surface area contributed by atoms with Gasteiger partial charge >= 0.3 is 0 Å². The van der Waals surface area contributed by atoms with Crippen molar-refractivity contribution in [1.29, 1.82) is 0 Å². The lowest BCUT2D eigenvalue weighted by Crippen LogP contribution is -2.28. The van der Waals surface area contributed by atoms with Crippen LogP contribution in [0.2, 0.25) is 0 Å². The number of hydrogen-bond acceptors (Lipinski definition) is 4. The summed E-state index contributed by atoms with van der Waals surface area (Å²) in [6.07, 6.45) is -0.237. The summed E-state index contributed by atoms with van der Waals surface area (Å²) >= 11 is 0. The molecule has 1 aromatic carbocycles. The second kappa shape index (κ2) is 6.11. The molecule has 2 atom stereocenters. The number of carbonyl (C=O) groups is 1. The summed E-state index contributed by atoms with van der Waals surface area (Å²) in [5.41, 5.74) is 0. The molecule has 0 spiro atoms. The Labute approximate surface area is 108 Å². The summed E-state index contributed by atoms with van der Waals surface area (Å²) in [6, 6.07) is 7.93. The van der Waals surface area contributed by atoms with E-state index in [-0.39, 0.29) is 23.5 Å². The lowest BCUT2D eigenvalue weighted by atomic mass is 10.1. The summed E-state index contributed by atoms with van der Waals surface area (Å²) in [5, 5.41) is 8.03. The van der Waals surface area contributed by atoms with Crippen LogP contribution in [-0.4, -0.2) is 30.7 Å². The maximum Gasteiger partial charge on any atom is 0.188 e. The van der Waals surface area contributed by atoms with E-state index in [0.717, 1.165) is 0 Å². The fourth-order valence-corrected chi connectivity index (χ4v) is 2.95. The highest BCUT2D eigenvalue weighted by molar-refractivity contribution is 7.92. The molecule has 0 saturated heterocycles. The average Bonchev–Trinajstić information content (AvgIpc) is 2.36. The van der Waals surface area contributed by atoms with Crippen LogP contribution in [0.5, 0.6) is 0 Å². The van der Waals surface area contributed by atoms with Crippen molar-refractivity contribution in [3.8, 4) is 0 Å². The van der Waals surface area contributed by atoms with E-state index in [4.69, 9.17) is 5.11 Å². The number of aliphatic hydroxyl groups is 1. The summed E-state index contributed by atoms with van der Waals surface area (Å²) in [4.78, 5) is 11.9. The molecule has 0 aliphatic carbocycles. The third-order valence-corrected chi connectivity index (χ3v) is 4.92. The maximum absolute atomic E-state index is 12.1. The van der Waals surface area contributed by atoms with Gasteiger partial charge in [-0.15, -0.1) is 0 Å². The fourth-order valence-electron chi connectivity index (χ4n) is 1.54. The zero-order chi connectivity index (χ0) is 13.8. The molecule has 0 heterocycles. The van der Waals surface area contributed by atoms with Gasteiger partial charge in [0.1, 0.15) is 5.25 Å². The van der Waals surface area contributed by atoms with E-state index in [2.05, 4.69) is 0 Å². The highest BCUT2D eigenvalue weighted by Crippen LogP contribution is 2.17. The molecule has 0 aromatic heterocycles. The van der Waals surface area contributed by atoms with Gasteiger partial charge in [0.25, 0.3) is 0 Å². The molecule has 5 heteroatoms. The van der Waals surface area contributed by atoms with Gasteiger partial charge in [0.05, 0.1) is 11.0 Å². The Hall–Kier alpha value is -1.20. The third-order valence-electron chi connectivity index (χ3n) is 2.80. The molecule has 0 saturated carbocycles. The Balaban J connectivity index is 2.83. The Morgan fingerprint density at radius 2 is 1.78 bits per heavy atom. The largest absolute Gasteiger partial charge is 0.393 e. The molecule has 0 radical (unpaired) electrons. The summed E-state index contributed by atoms with van der Waals surface area (Å²) in [6.45, 7) is 2.97. The number of sulfone groups is 1. The molecule has 2 unspecified atom stereocenters. The monoisotopic (exact) mass is 270 g/mol. The quantitative estimate of drug-likeness (QED) is 0.852. The second-order valence-corrected chi connectivity index (χ2v) is 6.62. The average molecular weight is 270 g/mol. The van der Waals surface area contributed by atoms with Gasteiger partial charge in [0, 0.05) is 6.42 Å². The molecular weight excluding hydrogens is 252 g/mol. The number of hydrogen-bond donors (Lipinski definition) is 1. The topological polar surface area (TPSA) is 71.4 Å². The Bertz CT molecular complexity index is 491. The number of Topliss-reactive ketones (excluding diaryl/α,β-unsaturated/α-hetero) is 1. The fraction of sp³-hybridized carbons (Fsp3) is 0.462. The number of aliphatic hydroxyl groups excluding tert-OH is 1. The van der Waals surface area contributed by atoms with E-state index in [1.165, 1.54) is 19.1 Å². The zero-order valence-corrected chi connectivity index (χ0v) is 11.4. The zero-order valence-electron chi connectivity index (χ0n) is 10.5. The first-order valence-corrected chi connectivity index (χ1v) is 7.40. The van der Waals surface area contributed by atoms with Crippen molar-refractivity contribution >= 4 is 15.6 Å². The van der Waals surface area contributed by atoms with Crippen molar-refractivity contribution in [3.05, 3.63) is 30.3 Å². The van der Waals surface area contributed by atoms with E-state index < -0.39 is 21.2 Å². The SMILES string of the molecule is CC(O)CCC(=O)C(C)S(=O)(=O)c1ccccc1. The first-order valence-electron chi connectivity index (χ1n) is 5.85. The van der Waals surface area contributed by atoms with Crippen LogP contribution in [0.1, 0.15) is 26.7 Å². The van der Waals surface area contributed by atoms with E-state index in [1.807, 2.05) is 0 Å². The van der Waals surface area contributed by atoms with Gasteiger partial charge in [-0.3, -0.25) is 4.79 Å². The molecule has 0 fully saturated rings. The number of carbonyl (C=O) groups excluding carboxylic acids is 1. The van der Waals surface area contributed by atoms with Crippen LogP contribution < -0.4 is 0 Å². The van der Waals surface area contributed by atoms with E-state index >= 15 is 0 Å². The van der Waals surface area contributed by atoms with Gasteiger partial charge in [-0.1, -0.05) is 18.2 Å². The van der Waals surface area contributed by atoms with Crippen LogP contribution in [0.25, 0.3) is 0 Å². The minimum atomic E-state index is -3.62. The van der Waals surface area contributed by atoms with Gasteiger partial charge in [-0.2, -0.15) is 0 Å². The Morgan fingerprint density at radius 1 is 1.22 bits per heavy atom. The number of ketones is 1. The Morgan fingerprint density at radius 3 is 2.28 bits per heavy atom. The molecule has 1 N–H and O–H groups in total. The summed E-state index contributed by atoms with van der Waals surface area (Å²) in [5.74, 6) is -0.361. The van der Waals surface area contributed by atoms with Gasteiger partial charge in [-0.25, -0.2) is 8.42 Å². The van der Waals surface area contributed by atoms with Crippen molar-refractivity contribution in [1.82, 2.24) is 0 Å². The van der Waals surface area contributed by atoms with Crippen molar-refractivity contribution < 1.29 is 18.3 Å². The van der Waals surface area contributed by atoms with Crippen LogP contribution in [0.3, 0.4) is 0 Å². The highest BCUT2D eigenvalue weighted by Gasteiger charge is 2.28. The summed E-state index contributed by atoms with van der Waals surface area (Å²) in [7, 11) is -3.62. The van der Waals surface area contributed by atoms with E-state index in [9.17, 15) is 13.2 Å². The lowest BCUT2D eigenvalue weighted by molar-refractivity contribution is -0.118. The first-order chi connectivity index (χ1) is 8.35. The van der Waals surface area contributed by atoms with Gasteiger partial charge in [0.2, 0.25) is 0 Å². The molecule has 4 nitrogen and oxygen atoms in total. The molecule has 1 rings (SSSR count). The Kier molecular flexibility index (Phi) is 5.04. The van der Waals surface area contributed by atoms with Crippen LogP contribution >= 0.6 is 0 Å². The smallest absolute Gasteiger partial charge is 0.188 e. The van der Waals surface area contributed by atoms with E-state index in [0.29, 0.717) is 0 Å². The minimum Gasteiger partial charge on any atom is -0.393 e. The van der Waals surface area contributed by atoms with Crippen LogP contribution in [0, 0.1) is 0 Å². The molecule has 0 amide bonds. The number of rotatable bonds is 6. The molecule has 1 aromatic rings. The normalized spacial score (nSPS) is 15.1. The molecule has 100 valence electrons. The second-order valence-electron chi connectivity index (χ2n) is 4.35. The van der Waals surface area contributed by atoms with Crippen molar-refractivity contribution in [2.24, 2.45) is 0 Å².